The summed E-state index contributed by atoms with van der Waals surface area (Å²) in [5.74, 6) is 2.84. The Hall–Kier alpha value is -6.38. The third-order valence-corrected chi connectivity index (χ3v) is 12.4. The van der Waals surface area contributed by atoms with Crippen LogP contribution in [0.2, 0.25) is 0 Å². The number of nitrogens with one attached hydrogen (secondary N) is 2. The lowest BCUT2D eigenvalue weighted by Gasteiger charge is -2.20. The molecule has 0 fully saturated rings. The summed E-state index contributed by atoms with van der Waals surface area (Å²) in [4.78, 5) is 38.1. The Labute approximate surface area is 369 Å². The maximum absolute atomic E-state index is 6.78. The van der Waals surface area contributed by atoms with Crippen molar-refractivity contribution < 1.29 is 28.4 Å². The highest BCUT2D eigenvalue weighted by molar-refractivity contribution is 6.14. The van der Waals surface area contributed by atoms with Crippen molar-refractivity contribution >= 4 is 66.7 Å². The van der Waals surface area contributed by atoms with Gasteiger partial charge in [-0.2, -0.15) is 0 Å². The summed E-state index contributed by atoms with van der Waals surface area (Å²) in [7, 11) is 0. The summed E-state index contributed by atoms with van der Waals surface area (Å²) in [5, 5.41) is 3.01. The largest absolute Gasteiger partial charge is 0.492 e. The average molecular weight is 861 g/mol. The molecular formula is C50H52N8O6. The molecule has 64 heavy (non-hydrogen) atoms. The summed E-state index contributed by atoms with van der Waals surface area (Å²) in [5.41, 5.74) is 7.74. The lowest BCUT2D eigenvalue weighted by atomic mass is 9.91. The number of ether oxygens (including phenoxy) is 6. The van der Waals surface area contributed by atoms with Crippen molar-refractivity contribution in [1.82, 2.24) is 39.9 Å². The van der Waals surface area contributed by atoms with Crippen LogP contribution in [0.1, 0.15) is 126 Å². The van der Waals surface area contributed by atoms with Crippen LogP contribution < -0.4 is 18.9 Å². The van der Waals surface area contributed by atoms with Gasteiger partial charge in [0.25, 0.3) is 0 Å². The first-order valence-electron chi connectivity index (χ1n) is 23.1. The second kappa shape index (κ2) is 17.0. The van der Waals surface area contributed by atoms with Gasteiger partial charge < -0.3 is 38.4 Å². The minimum Gasteiger partial charge on any atom is -0.492 e. The van der Waals surface area contributed by atoms with E-state index in [9.17, 15) is 0 Å². The molecular weight excluding hydrogens is 809 g/mol. The van der Waals surface area contributed by atoms with Crippen LogP contribution in [-0.2, 0) is 9.47 Å². The van der Waals surface area contributed by atoms with Gasteiger partial charge >= 0.3 is 0 Å². The topological polar surface area (TPSA) is 164 Å². The first-order chi connectivity index (χ1) is 31.6. The lowest BCUT2D eigenvalue weighted by Crippen LogP contribution is -2.07. The Kier molecular flexibility index (Phi) is 10.7. The van der Waals surface area contributed by atoms with Crippen molar-refractivity contribution in [3.05, 3.63) is 83.0 Å². The van der Waals surface area contributed by atoms with E-state index in [-0.39, 0.29) is 24.4 Å². The van der Waals surface area contributed by atoms with Crippen LogP contribution in [0.15, 0.2) is 60.7 Å². The predicted molar refractivity (Wildman–Crippen MR) is 246 cm³/mol. The summed E-state index contributed by atoms with van der Waals surface area (Å²) < 4.78 is 40.1. The quantitative estimate of drug-likeness (QED) is 0.0699. The predicted octanol–water partition coefficient (Wildman–Crippen LogP) is 11.4. The number of pyridine rings is 2. The number of rotatable bonds is 16. The zero-order valence-corrected chi connectivity index (χ0v) is 36.7. The molecule has 14 nitrogen and oxygen atoms in total. The van der Waals surface area contributed by atoms with E-state index in [0.717, 1.165) is 95.2 Å². The minimum absolute atomic E-state index is 0.271. The molecule has 12 bridgehead atoms. The Bertz CT molecular complexity index is 2740. The molecule has 328 valence electrons. The zero-order chi connectivity index (χ0) is 43.3. The second-order valence-electron chi connectivity index (χ2n) is 16.8. The van der Waals surface area contributed by atoms with Crippen LogP contribution in [0, 0.1) is 0 Å². The van der Waals surface area contributed by atoms with Gasteiger partial charge in [0.1, 0.15) is 70.0 Å². The monoisotopic (exact) mass is 860 g/mol. The minimum atomic E-state index is -0.271. The van der Waals surface area contributed by atoms with Crippen molar-refractivity contribution in [2.24, 2.45) is 0 Å². The molecule has 0 unspecified atom stereocenters. The first-order valence-corrected chi connectivity index (χ1v) is 23.1. The maximum Gasteiger partial charge on any atom is 0.156 e. The third-order valence-electron chi connectivity index (χ3n) is 12.4. The number of H-pyrrole nitrogens is 2. The van der Waals surface area contributed by atoms with Crippen molar-refractivity contribution in [2.75, 3.05) is 26.4 Å². The smallest absolute Gasteiger partial charge is 0.156 e. The van der Waals surface area contributed by atoms with Crippen LogP contribution in [0.3, 0.4) is 0 Å². The van der Waals surface area contributed by atoms with E-state index in [0.29, 0.717) is 94.6 Å². The van der Waals surface area contributed by atoms with Crippen molar-refractivity contribution in [2.45, 2.75) is 103 Å². The molecule has 4 atom stereocenters. The third kappa shape index (κ3) is 6.85. The zero-order valence-electron chi connectivity index (χ0n) is 36.7. The van der Waals surface area contributed by atoms with E-state index in [1.54, 1.807) is 0 Å². The Morgan fingerprint density at radius 1 is 0.406 bits per heavy atom. The van der Waals surface area contributed by atoms with Crippen LogP contribution in [0.5, 0.6) is 23.0 Å². The highest BCUT2D eigenvalue weighted by Gasteiger charge is 2.43. The number of nitrogens with zero attached hydrogens (tertiary/aromatic N) is 6. The second-order valence-corrected chi connectivity index (χ2v) is 16.8. The van der Waals surface area contributed by atoms with Crippen LogP contribution in [0.25, 0.3) is 66.7 Å². The standard InChI is InChI=1S/C50H52N8O6/c1-5-9-23-59-43-35-27-19-20-28(63-27)36(35)44(60-24-10-6-2)40-39(43)47-53-31-15-13-17-33(51-31)55-49-41-42(50(58-49)56-34-18-14-16-32(52-34)54-48(40)57-47)46(62-26-12-8-4)38-30-22-21-29(64-30)37(38)45(41)61-25-11-7-3/h13-22,27-30H,5-12,23-26H2,1-4H3,(H2,51,52,53,54,55,56,57,58)/t27-,28+,29-,30+. The van der Waals surface area contributed by atoms with E-state index < -0.39 is 0 Å². The molecule has 4 aliphatic heterocycles. The number of aromatic amines is 2. The molecule has 11 rings (SSSR count). The molecule has 0 amide bonds. The molecule has 5 aromatic heterocycles. The van der Waals surface area contributed by atoms with E-state index in [1.165, 1.54) is 0 Å². The van der Waals surface area contributed by atoms with E-state index >= 15 is 0 Å². The average Bonchev–Trinajstić information content (AvgIpc) is 4.18. The van der Waals surface area contributed by atoms with Gasteiger partial charge in [-0.15, -0.1) is 0 Å². The molecule has 9 heterocycles. The number of hydrogen-bond donors (Lipinski definition) is 2. The molecule has 0 aliphatic carbocycles. The lowest BCUT2D eigenvalue weighted by molar-refractivity contribution is 0.0855. The van der Waals surface area contributed by atoms with Gasteiger partial charge in [-0.1, -0.05) is 89.8 Å². The fraction of sp³-hybridized carbons (Fsp3) is 0.400. The van der Waals surface area contributed by atoms with Crippen molar-refractivity contribution in [3.8, 4) is 23.0 Å². The van der Waals surface area contributed by atoms with Gasteiger partial charge in [-0.05, 0) is 49.9 Å². The summed E-state index contributed by atoms with van der Waals surface area (Å²) >= 11 is 0. The number of benzene rings is 2. The molecule has 4 aliphatic rings. The van der Waals surface area contributed by atoms with Crippen LogP contribution in [0.4, 0.5) is 0 Å². The van der Waals surface area contributed by atoms with Gasteiger partial charge in [0.15, 0.2) is 22.6 Å². The van der Waals surface area contributed by atoms with Crippen molar-refractivity contribution in [1.29, 1.82) is 0 Å². The summed E-state index contributed by atoms with van der Waals surface area (Å²) in [6.07, 6.45) is 14.8. The number of aromatic nitrogens is 8. The Balaban J connectivity index is 1.26. The maximum atomic E-state index is 6.78. The van der Waals surface area contributed by atoms with Gasteiger partial charge in [-0.3, -0.25) is 0 Å². The molecule has 2 aromatic carbocycles. The van der Waals surface area contributed by atoms with Gasteiger partial charge in [0.05, 0.1) is 48.0 Å². The van der Waals surface area contributed by atoms with Gasteiger partial charge in [0.2, 0.25) is 0 Å². The molecule has 0 saturated heterocycles. The molecule has 2 N–H and O–H groups in total. The van der Waals surface area contributed by atoms with E-state index in [1.807, 2.05) is 36.4 Å². The molecule has 0 spiro atoms. The van der Waals surface area contributed by atoms with Gasteiger partial charge in [-0.25, -0.2) is 29.9 Å². The molecule has 14 heteroatoms. The van der Waals surface area contributed by atoms with E-state index in [4.69, 9.17) is 58.3 Å². The molecule has 0 saturated carbocycles. The van der Waals surface area contributed by atoms with Gasteiger partial charge in [0, 0.05) is 22.3 Å². The molecule has 0 radical (unpaired) electrons. The Morgan fingerprint density at radius 2 is 0.672 bits per heavy atom. The Morgan fingerprint density at radius 3 is 0.922 bits per heavy atom. The summed E-state index contributed by atoms with van der Waals surface area (Å²) in [6.45, 7) is 10.7. The molecule has 7 aromatic rings. The number of fused-ring (bicyclic) bond motifs is 24. The highest BCUT2D eigenvalue weighted by Crippen LogP contribution is 2.59. The number of unbranched alkanes of at least 4 members (excludes halogenated alkanes) is 4. The first kappa shape index (κ1) is 40.4. The van der Waals surface area contributed by atoms with E-state index in [2.05, 4.69) is 62.0 Å². The van der Waals surface area contributed by atoms with Crippen molar-refractivity contribution in [3.63, 3.8) is 0 Å². The van der Waals surface area contributed by atoms with Crippen LogP contribution >= 0.6 is 0 Å². The normalized spacial score (nSPS) is 18.8. The van der Waals surface area contributed by atoms with Crippen LogP contribution in [-0.4, -0.2) is 66.3 Å². The number of hydrogen-bond acceptors (Lipinski definition) is 12. The SMILES string of the molecule is CCCCOc1c2c(c(OCCCC)c3c4nc5cccc(n5)nc5[nH]c(nc6cccc(n6)nc([nH]4)c13)c1c(OCCCC)c3c(c(OCCCC)c51)[C@H]1C=C[C@@H]3O1)[C@H]1C=C[C@@H]2O1. The fourth-order valence-electron chi connectivity index (χ4n) is 9.29. The fourth-order valence-corrected chi connectivity index (χ4v) is 9.29. The highest BCUT2D eigenvalue weighted by atomic mass is 16.5. The summed E-state index contributed by atoms with van der Waals surface area (Å²) in [6, 6.07) is 11.3.